The molecule has 4 rings (SSSR count). The molecule has 3 atom stereocenters. The summed E-state index contributed by atoms with van der Waals surface area (Å²) < 4.78 is 6.28. The number of carbonyl (C=O) groups excluding carboxylic acids is 1. The van der Waals surface area contributed by atoms with Crippen molar-refractivity contribution in [3.05, 3.63) is 41.2 Å². The molecular formula is C17H20N2O3. The van der Waals surface area contributed by atoms with Crippen LogP contribution in [-0.2, 0) is 4.79 Å². The maximum absolute atomic E-state index is 12.6. The van der Waals surface area contributed by atoms with Crippen LogP contribution in [0.15, 0.2) is 35.6 Å². The lowest BCUT2D eigenvalue weighted by Crippen LogP contribution is -2.70. The number of likely N-dealkylation sites (tertiary alicyclic amines) is 1. The van der Waals surface area contributed by atoms with Crippen molar-refractivity contribution in [1.29, 1.82) is 0 Å². The molecule has 2 N–H and O–H groups in total. The zero-order chi connectivity index (χ0) is 15.5. The van der Waals surface area contributed by atoms with Gasteiger partial charge in [-0.1, -0.05) is 18.2 Å². The van der Waals surface area contributed by atoms with Crippen LogP contribution in [0.2, 0.25) is 0 Å². The summed E-state index contributed by atoms with van der Waals surface area (Å²) in [5.41, 5.74) is 0.824. The Kier molecular flexibility index (Phi) is 2.78. The van der Waals surface area contributed by atoms with Crippen molar-refractivity contribution in [1.82, 2.24) is 10.2 Å². The standard InChI is InChI=1S/C17H20N2O3/c1-10(20)14-15-11-5-3-4-6-13(11)22-17(18-16(14)21)7-8-19(2)9-12(15)17/h3-6,12,15,20H,7-9H2,1-2H3,(H,18,21). The molecule has 1 amide bonds. The second kappa shape index (κ2) is 4.49. The molecule has 1 aromatic carbocycles. The third-order valence-electron chi connectivity index (χ3n) is 5.19. The first-order chi connectivity index (χ1) is 10.5. The van der Waals surface area contributed by atoms with E-state index in [0.29, 0.717) is 5.57 Å². The van der Waals surface area contributed by atoms with Crippen LogP contribution in [-0.4, -0.2) is 41.8 Å². The van der Waals surface area contributed by atoms with Crippen molar-refractivity contribution < 1.29 is 14.6 Å². The number of fused-ring (bicyclic) bond motifs is 2. The summed E-state index contributed by atoms with van der Waals surface area (Å²) in [6.07, 6.45) is 0.752. The molecule has 1 aromatic rings. The number of carbonyl (C=O) groups is 1. The Labute approximate surface area is 129 Å². The minimum atomic E-state index is -0.651. The number of allylic oxidation sites excluding steroid dienone is 1. The summed E-state index contributed by atoms with van der Waals surface area (Å²) in [6, 6.07) is 7.84. The highest BCUT2D eigenvalue weighted by atomic mass is 16.5. The van der Waals surface area contributed by atoms with Crippen molar-refractivity contribution in [3.8, 4) is 5.75 Å². The van der Waals surface area contributed by atoms with Crippen LogP contribution < -0.4 is 10.1 Å². The average Bonchev–Trinajstić information content (AvgIpc) is 2.46. The van der Waals surface area contributed by atoms with Crippen LogP contribution in [0, 0.1) is 5.92 Å². The zero-order valence-corrected chi connectivity index (χ0v) is 12.8. The Morgan fingerprint density at radius 1 is 1.45 bits per heavy atom. The predicted octanol–water partition coefficient (Wildman–Crippen LogP) is 1.77. The van der Waals surface area contributed by atoms with E-state index in [2.05, 4.69) is 17.3 Å². The maximum atomic E-state index is 12.6. The highest BCUT2D eigenvalue weighted by molar-refractivity contribution is 5.97. The molecule has 22 heavy (non-hydrogen) atoms. The fraction of sp³-hybridized carbons (Fsp3) is 0.471. The quantitative estimate of drug-likeness (QED) is 0.566. The van der Waals surface area contributed by atoms with Crippen molar-refractivity contribution in [2.45, 2.75) is 25.0 Å². The van der Waals surface area contributed by atoms with E-state index in [1.165, 1.54) is 0 Å². The van der Waals surface area contributed by atoms with E-state index in [0.717, 1.165) is 30.8 Å². The van der Waals surface area contributed by atoms with E-state index >= 15 is 0 Å². The summed E-state index contributed by atoms with van der Waals surface area (Å²) in [6.45, 7) is 3.30. The molecule has 2 fully saturated rings. The lowest BCUT2D eigenvalue weighted by atomic mass is 9.67. The number of benzene rings is 1. The number of ether oxygens (including phenoxy) is 1. The monoisotopic (exact) mass is 300 g/mol. The van der Waals surface area contributed by atoms with Crippen molar-refractivity contribution in [2.75, 3.05) is 20.1 Å². The van der Waals surface area contributed by atoms with Crippen molar-refractivity contribution in [2.24, 2.45) is 5.92 Å². The topological polar surface area (TPSA) is 61.8 Å². The van der Waals surface area contributed by atoms with E-state index < -0.39 is 5.72 Å². The first-order valence-corrected chi connectivity index (χ1v) is 7.70. The van der Waals surface area contributed by atoms with Gasteiger partial charge in [0.15, 0.2) is 5.72 Å². The second-order valence-corrected chi connectivity index (χ2v) is 6.58. The molecule has 5 heteroatoms. The summed E-state index contributed by atoms with van der Waals surface area (Å²) in [4.78, 5) is 14.8. The molecule has 3 aliphatic heterocycles. The Balaban J connectivity index is 1.95. The van der Waals surface area contributed by atoms with Gasteiger partial charge in [0.05, 0.1) is 11.3 Å². The Morgan fingerprint density at radius 2 is 2.23 bits per heavy atom. The second-order valence-electron chi connectivity index (χ2n) is 6.58. The highest BCUT2D eigenvalue weighted by Gasteiger charge is 2.58. The van der Waals surface area contributed by atoms with Gasteiger partial charge in [0.1, 0.15) is 5.75 Å². The molecule has 2 bridgehead atoms. The summed E-state index contributed by atoms with van der Waals surface area (Å²) in [5.74, 6) is 0.691. The SMILES string of the molecule is CC(O)=C1C(=O)NC23CCN(C)CC2C1c1ccccc1O3. The van der Waals surface area contributed by atoms with Gasteiger partial charge in [0.25, 0.3) is 5.91 Å². The molecule has 0 aliphatic carbocycles. The number of nitrogens with zero attached hydrogens (tertiary/aromatic N) is 1. The van der Waals surface area contributed by atoms with Gasteiger partial charge in [0, 0.05) is 36.9 Å². The van der Waals surface area contributed by atoms with E-state index in [1.807, 2.05) is 24.3 Å². The molecule has 0 saturated carbocycles. The number of nitrogens with one attached hydrogen (secondary N) is 1. The van der Waals surface area contributed by atoms with E-state index in [4.69, 9.17) is 4.74 Å². The summed E-state index contributed by atoms with van der Waals surface area (Å²) >= 11 is 0. The van der Waals surface area contributed by atoms with Crippen molar-refractivity contribution >= 4 is 5.91 Å². The van der Waals surface area contributed by atoms with Gasteiger partial charge in [-0.05, 0) is 20.0 Å². The van der Waals surface area contributed by atoms with Gasteiger partial charge >= 0.3 is 0 Å². The van der Waals surface area contributed by atoms with Crippen LogP contribution in [0.3, 0.4) is 0 Å². The maximum Gasteiger partial charge on any atom is 0.254 e. The Morgan fingerprint density at radius 3 is 3.00 bits per heavy atom. The smallest absolute Gasteiger partial charge is 0.254 e. The van der Waals surface area contributed by atoms with Gasteiger partial charge in [0.2, 0.25) is 0 Å². The van der Waals surface area contributed by atoms with Crippen LogP contribution >= 0.6 is 0 Å². The first-order valence-electron chi connectivity index (χ1n) is 7.70. The fourth-order valence-electron chi connectivity index (χ4n) is 4.19. The van der Waals surface area contributed by atoms with Gasteiger partial charge in [-0.15, -0.1) is 0 Å². The summed E-state index contributed by atoms with van der Waals surface area (Å²) in [7, 11) is 2.08. The molecule has 3 heterocycles. The molecule has 0 aromatic heterocycles. The van der Waals surface area contributed by atoms with Gasteiger partial charge in [-0.3, -0.25) is 4.79 Å². The molecule has 3 aliphatic rings. The third-order valence-corrected chi connectivity index (χ3v) is 5.19. The lowest BCUT2D eigenvalue weighted by Gasteiger charge is -2.56. The number of piperidine rings is 2. The molecule has 0 spiro atoms. The first kappa shape index (κ1) is 13.6. The van der Waals surface area contributed by atoms with E-state index in [-0.39, 0.29) is 23.5 Å². The van der Waals surface area contributed by atoms with Crippen LogP contribution in [0.5, 0.6) is 5.75 Å². The average molecular weight is 300 g/mol. The molecule has 0 radical (unpaired) electrons. The highest BCUT2D eigenvalue weighted by Crippen LogP contribution is 2.53. The van der Waals surface area contributed by atoms with E-state index in [9.17, 15) is 9.90 Å². The molecule has 5 nitrogen and oxygen atoms in total. The van der Waals surface area contributed by atoms with Crippen LogP contribution in [0.1, 0.15) is 24.8 Å². The number of amides is 1. The largest absolute Gasteiger partial charge is 0.512 e. The Hall–Kier alpha value is -2.01. The van der Waals surface area contributed by atoms with Gasteiger partial charge < -0.3 is 20.1 Å². The summed E-state index contributed by atoms with van der Waals surface area (Å²) in [5, 5.41) is 13.2. The number of rotatable bonds is 0. The molecule has 3 unspecified atom stereocenters. The number of aliphatic hydroxyl groups is 1. The van der Waals surface area contributed by atoms with Gasteiger partial charge in [-0.2, -0.15) is 0 Å². The minimum Gasteiger partial charge on any atom is -0.512 e. The third kappa shape index (κ3) is 1.72. The number of aliphatic hydroxyl groups excluding tert-OH is 1. The normalized spacial score (nSPS) is 35.8. The fourth-order valence-corrected chi connectivity index (χ4v) is 4.19. The number of para-hydroxylation sites is 1. The molecule has 116 valence electrons. The predicted molar refractivity (Wildman–Crippen MR) is 81.6 cm³/mol. The van der Waals surface area contributed by atoms with Crippen LogP contribution in [0.25, 0.3) is 0 Å². The molecule has 2 saturated heterocycles. The minimum absolute atomic E-state index is 0.0982. The number of hydrogen-bond donors (Lipinski definition) is 2. The van der Waals surface area contributed by atoms with Crippen LogP contribution in [0.4, 0.5) is 0 Å². The zero-order valence-electron chi connectivity index (χ0n) is 12.8. The molecular weight excluding hydrogens is 280 g/mol. The number of hydrogen-bond acceptors (Lipinski definition) is 4. The Bertz CT molecular complexity index is 680. The van der Waals surface area contributed by atoms with E-state index in [1.54, 1.807) is 6.92 Å². The lowest BCUT2D eigenvalue weighted by molar-refractivity contribution is -0.144. The van der Waals surface area contributed by atoms with Gasteiger partial charge in [-0.25, -0.2) is 0 Å². The van der Waals surface area contributed by atoms with Crippen molar-refractivity contribution in [3.63, 3.8) is 0 Å².